The van der Waals surface area contributed by atoms with E-state index in [1.807, 2.05) is 6.07 Å². The van der Waals surface area contributed by atoms with Gasteiger partial charge in [-0.25, -0.2) is 18.1 Å². The van der Waals surface area contributed by atoms with Crippen LogP contribution in [0.1, 0.15) is 22.3 Å². The van der Waals surface area contributed by atoms with E-state index in [9.17, 15) is 13.2 Å². The highest BCUT2D eigenvalue weighted by Crippen LogP contribution is 2.25. The molecule has 0 fully saturated rings. The van der Waals surface area contributed by atoms with Gasteiger partial charge in [-0.05, 0) is 30.7 Å². The maximum Gasteiger partial charge on any atom is 0.241 e. The predicted octanol–water partition coefficient (Wildman–Crippen LogP) is 3.63. The molecule has 34 heavy (non-hydrogen) atoms. The number of benzene rings is 1. The third kappa shape index (κ3) is 4.86. The molecule has 4 rings (SSSR count). The molecule has 1 aromatic carbocycles. The molecule has 8 nitrogen and oxygen atoms in total. The molecular formula is C24H22ClN5O3S. The Balaban J connectivity index is 1.63. The number of carbonyl (C=O) groups is 1. The Morgan fingerprint density at radius 1 is 1.35 bits per heavy atom. The summed E-state index contributed by atoms with van der Waals surface area (Å²) in [5, 5.41) is 0.949. The van der Waals surface area contributed by atoms with Crippen LogP contribution in [-0.4, -0.2) is 43.5 Å². The van der Waals surface area contributed by atoms with Crippen molar-refractivity contribution in [3.63, 3.8) is 0 Å². The Morgan fingerprint density at radius 2 is 2.18 bits per heavy atom. The number of ketones is 1. The second-order valence-corrected chi connectivity index (χ2v) is 9.76. The number of Topliss-reactive ketones (excluding diaryl/α,β-unsaturated/α-hetero) is 1. The van der Waals surface area contributed by atoms with E-state index in [4.69, 9.17) is 17.3 Å². The maximum atomic E-state index is 13.3. The summed E-state index contributed by atoms with van der Waals surface area (Å²) in [4.78, 5) is 24.8. The van der Waals surface area contributed by atoms with Gasteiger partial charge in [0.25, 0.3) is 0 Å². The van der Waals surface area contributed by atoms with Gasteiger partial charge in [0.15, 0.2) is 5.78 Å². The topological polar surface area (TPSA) is 130 Å². The van der Waals surface area contributed by atoms with Crippen LogP contribution in [0.3, 0.4) is 0 Å². The van der Waals surface area contributed by atoms with Crippen LogP contribution >= 0.6 is 11.6 Å². The summed E-state index contributed by atoms with van der Waals surface area (Å²) in [5.41, 5.74) is 8.44. The molecule has 1 unspecified atom stereocenters. The van der Waals surface area contributed by atoms with Crippen molar-refractivity contribution in [3.05, 3.63) is 88.9 Å². The lowest BCUT2D eigenvalue weighted by Crippen LogP contribution is -2.34. The van der Waals surface area contributed by atoms with Gasteiger partial charge in [0.2, 0.25) is 10.0 Å². The number of aromatic nitrogens is 2. The van der Waals surface area contributed by atoms with Gasteiger partial charge in [-0.3, -0.25) is 9.79 Å². The average Bonchev–Trinajstić information content (AvgIpc) is 3.25. The lowest BCUT2D eigenvalue weighted by molar-refractivity contribution is 0.103. The molecular weight excluding hydrogens is 474 g/mol. The van der Waals surface area contributed by atoms with Gasteiger partial charge in [0, 0.05) is 70.6 Å². The number of hydrogen-bond acceptors (Lipinski definition) is 6. The number of pyridine rings is 1. The largest absolute Gasteiger partial charge is 0.404 e. The standard InChI is InChI=1S/C24H22ClN5O3S/c1-27-12-17(11-26)16-9-21-22(14-29-24(21)28-13-16)23(31)15-4-2-6-19(8-15)30-34(32,33)20-7-3-5-18(25)10-20/h2-5,7-14,19,30H,6,26H2,1H3,(H,28,29). The third-order valence-electron chi connectivity index (χ3n) is 5.30. The van der Waals surface area contributed by atoms with Gasteiger partial charge in [0.1, 0.15) is 5.65 Å². The number of H-pyrrole nitrogens is 1. The Bertz CT molecular complexity index is 1490. The summed E-state index contributed by atoms with van der Waals surface area (Å²) in [6.45, 7) is 0. The summed E-state index contributed by atoms with van der Waals surface area (Å²) < 4.78 is 28.2. The highest BCUT2D eigenvalue weighted by atomic mass is 35.5. The Kier molecular flexibility index (Phi) is 6.78. The van der Waals surface area contributed by atoms with Crippen molar-refractivity contribution in [1.29, 1.82) is 0 Å². The summed E-state index contributed by atoms with van der Waals surface area (Å²) >= 11 is 5.93. The van der Waals surface area contributed by atoms with E-state index >= 15 is 0 Å². The van der Waals surface area contributed by atoms with Crippen molar-refractivity contribution in [2.24, 2.45) is 10.7 Å². The molecule has 2 aromatic heterocycles. The maximum absolute atomic E-state index is 13.3. The summed E-state index contributed by atoms with van der Waals surface area (Å²) in [6, 6.07) is 7.25. The lowest BCUT2D eigenvalue weighted by atomic mass is 9.96. The summed E-state index contributed by atoms with van der Waals surface area (Å²) in [7, 11) is -2.18. The molecule has 2 heterocycles. The van der Waals surface area contributed by atoms with E-state index in [1.165, 1.54) is 18.3 Å². The van der Waals surface area contributed by atoms with E-state index in [0.717, 1.165) is 5.56 Å². The molecule has 0 amide bonds. The van der Waals surface area contributed by atoms with Gasteiger partial charge in [-0.1, -0.05) is 35.9 Å². The fourth-order valence-corrected chi connectivity index (χ4v) is 5.17. The molecule has 174 valence electrons. The quantitative estimate of drug-likeness (QED) is 0.340. The van der Waals surface area contributed by atoms with E-state index in [0.29, 0.717) is 39.2 Å². The average molecular weight is 496 g/mol. The minimum Gasteiger partial charge on any atom is -0.404 e. The first-order valence-corrected chi connectivity index (χ1v) is 12.2. The Hall–Kier alpha value is -3.53. The van der Waals surface area contributed by atoms with Gasteiger partial charge in [0.05, 0.1) is 4.90 Å². The van der Waals surface area contributed by atoms with Crippen molar-refractivity contribution >= 4 is 50.2 Å². The summed E-state index contributed by atoms with van der Waals surface area (Å²) in [6.07, 6.45) is 11.8. The van der Waals surface area contributed by atoms with E-state index in [1.54, 1.807) is 56.0 Å². The van der Waals surface area contributed by atoms with Crippen LogP contribution in [0.2, 0.25) is 5.02 Å². The van der Waals surface area contributed by atoms with Crippen LogP contribution in [0, 0.1) is 0 Å². The van der Waals surface area contributed by atoms with Crippen LogP contribution < -0.4 is 10.5 Å². The number of sulfonamides is 1. The number of halogens is 1. The van der Waals surface area contributed by atoms with Gasteiger partial charge in [-0.15, -0.1) is 0 Å². The third-order valence-corrected chi connectivity index (χ3v) is 7.02. The SMILES string of the molecule is CN=CC(=CN)c1cnc2[nH]cc(C(=O)C3=CC(NS(=O)(=O)c4cccc(Cl)c4)CC=C3)c2c1. The van der Waals surface area contributed by atoms with Crippen molar-refractivity contribution < 1.29 is 13.2 Å². The number of carbonyl (C=O) groups excluding carboxylic acids is 1. The molecule has 0 radical (unpaired) electrons. The van der Waals surface area contributed by atoms with Crippen molar-refractivity contribution in [1.82, 2.24) is 14.7 Å². The normalized spacial score (nSPS) is 16.8. The Labute approximate surface area is 202 Å². The number of hydrogen-bond donors (Lipinski definition) is 3. The number of aliphatic imine (C=N–C) groups is 1. The van der Waals surface area contributed by atoms with Gasteiger partial charge >= 0.3 is 0 Å². The molecule has 0 saturated heterocycles. The minimum absolute atomic E-state index is 0.0606. The monoisotopic (exact) mass is 495 g/mol. The van der Waals surface area contributed by atoms with Gasteiger partial charge in [-0.2, -0.15) is 0 Å². The van der Waals surface area contributed by atoms with Crippen molar-refractivity contribution in [3.8, 4) is 0 Å². The highest BCUT2D eigenvalue weighted by molar-refractivity contribution is 7.89. The zero-order valence-corrected chi connectivity index (χ0v) is 19.8. The first-order valence-electron chi connectivity index (χ1n) is 10.3. The van der Waals surface area contributed by atoms with E-state index in [-0.39, 0.29) is 10.7 Å². The minimum atomic E-state index is -3.81. The van der Waals surface area contributed by atoms with Crippen LogP contribution in [0.4, 0.5) is 0 Å². The first kappa shape index (κ1) is 23.6. The molecule has 3 aromatic rings. The van der Waals surface area contributed by atoms with E-state index in [2.05, 4.69) is 19.7 Å². The molecule has 0 spiro atoms. The molecule has 10 heteroatoms. The molecule has 4 N–H and O–H groups in total. The second kappa shape index (κ2) is 9.76. The number of rotatable bonds is 7. The summed E-state index contributed by atoms with van der Waals surface area (Å²) in [5.74, 6) is -0.254. The molecule has 0 saturated carbocycles. The Morgan fingerprint density at radius 3 is 2.91 bits per heavy atom. The van der Waals surface area contributed by atoms with Crippen LogP contribution in [0.25, 0.3) is 16.6 Å². The zero-order chi connectivity index (χ0) is 24.3. The number of nitrogens with two attached hydrogens (primary N) is 1. The fourth-order valence-electron chi connectivity index (χ4n) is 3.67. The molecule has 1 aliphatic carbocycles. The second-order valence-electron chi connectivity index (χ2n) is 7.61. The van der Waals surface area contributed by atoms with Gasteiger partial charge < -0.3 is 10.7 Å². The number of aromatic amines is 1. The van der Waals surface area contributed by atoms with Crippen molar-refractivity contribution in [2.45, 2.75) is 17.4 Å². The number of nitrogens with one attached hydrogen (secondary N) is 2. The van der Waals surface area contributed by atoms with Crippen LogP contribution in [0.5, 0.6) is 0 Å². The molecule has 0 aliphatic heterocycles. The predicted molar refractivity (Wildman–Crippen MR) is 134 cm³/mol. The van der Waals surface area contributed by atoms with E-state index < -0.39 is 16.1 Å². The number of allylic oxidation sites excluding steroid dienone is 3. The smallest absolute Gasteiger partial charge is 0.241 e. The first-order chi connectivity index (χ1) is 16.3. The molecule has 1 atom stereocenters. The fraction of sp³-hybridized carbons (Fsp3) is 0.125. The number of nitrogens with zero attached hydrogens (tertiary/aromatic N) is 2. The molecule has 1 aliphatic rings. The lowest BCUT2D eigenvalue weighted by Gasteiger charge is -2.18. The highest BCUT2D eigenvalue weighted by Gasteiger charge is 2.23. The zero-order valence-electron chi connectivity index (χ0n) is 18.2. The van der Waals surface area contributed by atoms with Crippen LogP contribution in [-0.2, 0) is 10.0 Å². The molecule has 0 bridgehead atoms. The van der Waals surface area contributed by atoms with Crippen LogP contribution in [0.15, 0.2) is 82.6 Å². The van der Waals surface area contributed by atoms with Crippen molar-refractivity contribution in [2.75, 3.05) is 7.05 Å². The number of fused-ring (bicyclic) bond motifs is 1.